The van der Waals surface area contributed by atoms with Gasteiger partial charge in [-0.05, 0) is 71.8 Å². The summed E-state index contributed by atoms with van der Waals surface area (Å²) in [5, 5.41) is 5.75. The molecule has 1 saturated heterocycles. The molecule has 0 aromatic heterocycles. The van der Waals surface area contributed by atoms with Crippen LogP contribution in [0.1, 0.15) is 39.9 Å². The molecular formula is C29H33N4O3+. The van der Waals surface area contributed by atoms with Crippen molar-refractivity contribution in [3.8, 4) is 11.1 Å². The summed E-state index contributed by atoms with van der Waals surface area (Å²) >= 11 is 0. The lowest BCUT2D eigenvalue weighted by molar-refractivity contribution is -0.147. The number of nitrogens with two attached hydrogens (primary N) is 3. The average Bonchev–Trinajstić information content (AvgIpc) is 3.40. The Hall–Kier alpha value is -3.97. The van der Waals surface area contributed by atoms with E-state index in [0.717, 1.165) is 35.1 Å². The molecule has 4 rings (SSSR count). The number of nitrogens with zero attached hydrogens (tertiary/aromatic N) is 1. The summed E-state index contributed by atoms with van der Waals surface area (Å²) in [6.07, 6.45) is 2.00. The highest BCUT2D eigenvalue weighted by molar-refractivity contribution is 5.95. The van der Waals surface area contributed by atoms with Crippen LogP contribution in [0.3, 0.4) is 0 Å². The maximum Gasteiger partial charge on any atom is 0.311 e. The largest absolute Gasteiger partial charge is 0.469 e. The topological polar surface area (TPSA) is 124 Å². The van der Waals surface area contributed by atoms with Crippen LogP contribution in [0.2, 0.25) is 0 Å². The monoisotopic (exact) mass is 485 g/mol. The van der Waals surface area contributed by atoms with E-state index in [2.05, 4.69) is 6.07 Å². The van der Waals surface area contributed by atoms with Crippen LogP contribution in [0.25, 0.3) is 11.1 Å². The van der Waals surface area contributed by atoms with Gasteiger partial charge in [0.15, 0.2) is 0 Å². The number of amides is 1. The van der Waals surface area contributed by atoms with Crippen molar-refractivity contribution in [2.75, 3.05) is 13.7 Å². The van der Waals surface area contributed by atoms with Gasteiger partial charge >= 0.3 is 5.97 Å². The van der Waals surface area contributed by atoms with E-state index in [9.17, 15) is 9.59 Å². The number of esters is 1. The zero-order chi connectivity index (χ0) is 25.7. The average molecular weight is 486 g/mol. The summed E-state index contributed by atoms with van der Waals surface area (Å²) in [7, 11) is 1.39. The molecule has 0 saturated carbocycles. The van der Waals surface area contributed by atoms with E-state index in [0.29, 0.717) is 30.6 Å². The SMILES string of the molecule is COC(=O)C(Cc1cccc(C(N)=[NH2+])c1)C1CCCN1C(=O)c1ccc(-c2cccc(CN)c2)cc1. The summed E-state index contributed by atoms with van der Waals surface area (Å²) in [6, 6.07) is 22.9. The lowest BCUT2D eigenvalue weighted by Crippen LogP contribution is -2.46. The number of ether oxygens (including phenoxy) is 1. The van der Waals surface area contributed by atoms with Crippen LogP contribution in [-0.4, -0.2) is 42.3 Å². The molecule has 6 N–H and O–H groups in total. The second kappa shape index (κ2) is 11.2. The molecule has 36 heavy (non-hydrogen) atoms. The predicted molar refractivity (Wildman–Crippen MR) is 140 cm³/mol. The van der Waals surface area contributed by atoms with Gasteiger partial charge in [-0.1, -0.05) is 42.5 Å². The Kier molecular flexibility index (Phi) is 7.80. The number of carbonyl (C=O) groups excluding carboxylic acids is 2. The molecule has 1 aliphatic rings. The molecule has 0 spiro atoms. The molecule has 7 heteroatoms. The van der Waals surface area contributed by atoms with E-state index in [4.69, 9.17) is 21.6 Å². The highest BCUT2D eigenvalue weighted by Crippen LogP contribution is 2.30. The first-order chi connectivity index (χ1) is 17.4. The standard InChI is InChI=1S/C29H32N4O3/c1-36-29(35)25(17-19-5-2-8-24(15-19)27(31)32)26-9-4-14-33(26)28(34)22-12-10-21(11-13-22)23-7-3-6-20(16-23)18-30/h2-3,5-8,10-13,15-16,25-26H,4,9,14,17-18,30H2,1H3,(H3,31,32)/p+1. The molecule has 1 heterocycles. The Bertz CT molecular complexity index is 1260. The lowest BCUT2D eigenvalue weighted by atomic mass is 9.89. The molecule has 1 amide bonds. The van der Waals surface area contributed by atoms with Gasteiger partial charge in [0.1, 0.15) is 0 Å². The molecule has 7 nitrogen and oxygen atoms in total. The Morgan fingerprint density at radius 1 is 1.00 bits per heavy atom. The van der Waals surface area contributed by atoms with Crippen LogP contribution in [0.5, 0.6) is 0 Å². The number of carbonyl (C=O) groups is 2. The smallest absolute Gasteiger partial charge is 0.311 e. The second-order valence-electron chi connectivity index (χ2n) is 9.18. The van der Waals surface area contributed by atoms with Crippen LogP contribution in [0, 0.1) is 5.92 Å². The third kappa shape index (κ3) is 5.47. The molecule has 1 aliphatic heterocycles. The van der Waals surface area contributed by atoms with E-state index in [-0.39, 0.29) is 23.8 Å². The molecule has 0 aliphatic carbocycles. The van der Waals surface area contributed by atoms with Crippen LogP contribution in [-0.2, 0) is 22.5 Å². The molecule has 2 unspecified atom stereocenters. The highest BCUT2D eigenvalue weighted by Gasteiger charge is 2.39. The molecule has 1 fully saturated rings. The molecule has 3 aromatic rings. The summed E-state index contributed by atoms with van der Waals surface area (Å²) in [4.78, 5) is 28.2. The van der Waals surface area contributed by atoms with E-state index < -0.39 is 5.92 Å². The second-order valence-corrected chi connectivity index (χ2v) is 9.18. The van der Waals surface area contributed by atoms with Crippen LogP contribution in [0.15, 0.2) is 72.8 Å². The van der Waals surface area contributed by atoms with Gasteiger partial charge in [0.25, 0.3) is 11.7 Å². The number of benzene rings is 3. The number of rotatable bonds is 8. The quantitative estimate of drug-likeness (QED) is 0.255. The molecule has 2 atom stereocenters. The zero-order valence-corrected chi connectivity index (χ0v) is 20.5. The first-order valence-electron chi connectivity index (χ1n) is 12.2. The van der Waals surface area contributed by atoms with E-state index in [1.807, 2.05) is 71.6 Å². The minimum atomic E-state index is -0.492. The minimum absolute atomic E-state index is 0.0815. The van der Waals surface area contributed by atoms with Gasteiger partial charge in [0.05, 0.1) is 18.6 Å². The third-order valence-electron chi connectivity index (χ3n) is 6.87. The molecule has 0 radical (unpaired) electrons. The van der Waals surface area contributed by atoms with Gasteiger partial charge in [-0.15, -0.1) is 0 Å². The number of likely N-dealkylation sites (tertiary alicyclic amines) is 1. The Morgan fingerprint density at radius 3 is 2.42 bits per heavy atom. The van der Waals surface area contributed by atoms with Crippen molar-refractivity contribution in [3.05, 3.63) is 95.1 Å². The van der Waals surface area contributed by atoms with E-state index in [1.54, 1.807) is 0 Å². The van der Waals surface area contributed by atoms with E-state index in [1.165, 1.54) is 7.11 Å². The first kappa shape index (κ1) is 25.1. The number of hydrogen-bond donors (Lipinski definition) is 3. The van der Waals surface area contributed by atoms with Crippen molar-refractivity contribution in [1.82, 2.24) is 4.90 Å². The van der Waals surface area contributed by atoms with Crippen LogP contribution < -0.4 is 16.9 Å². The van der Waals surface area contributed by atoms with Gasteiger partial charge < -0.3 is 15.4 Å². The maximum atomic E-state index is 13.5. The maximum absolute atomic E-state index is 13.5. The zero-order valence-electron chi connectivity index (χ0n) is 20.5. The summed E-state index contributed by atoms with van der Waals surface area (Å²) < 4.78 is 5.15. The number of hydrogen-bond acceptors (Lipinski definition) is 4. The molecule has 0 bridgehead atoms. The fourth-order valence-corrected chi connectivity index (χ4v) is 4.97. The van der Waals surface area contributed by atoms with Crippen molar-refractivity contribution in [2.24, 2.45) is 17.4 Å². The van der Waals surface area contributed by atoms with E-state index >= 15 is 0 Å². The van der Waals surface area contributed by atoms with Crippen molar-refractivity contribution < 1.29 is 19.7 Å². The first-order valence-corrected chi connectivity index (χ1v) is 12.2. The highest BCUT2D eigenvalue weighted by atomic mass is 16.5. The van der Waals surface area contributed by atoms with Crippen LogP contribution in [0.4, 0.5) is 0 Å². The summed E-state index contributed by atoms with van der Waals surface area (Å²) in [6.45, 7) is 1.07. The van der Waals surface area contributed by atoms with Crippen molar-refractivity contribution in [2.45, 2.75) is 31.8 Å². The van der Waals surface area contributed by atoms with Crippen LogP contribution >= 0.6 is 0 Å². The summed E-state index contributed by atoms with van der Waals surface area (Å²) in [5.74, 6) is -0.678. The fourth-order valence-electron chi connectivity index (χ4n) is 4.97. The molecular weight excluding hydrogens is 452 g/mol. The molecule has 186 valence electrons. The fraction of sp³-hybridized carbons (Fsp3) is 0.276. The minimum Gasteiger partial charge on any atom is -0.469 e. The Balaban J connectivity index is 1.55. The number of amidine groups is 1. The predicted octanol–water partition coefficient (Wildman–Crippen LogP) is 1.91. The Labute approximate surface area is 211 Å². The van der Waals surface area contributed by atoms with Gasteiger partial charge in [-0.2, -0.15) is 0 Å². The Morgan fingerprint density at radius 2 is 1.72 bits per heavy atom. The van der Waals surface area contributed by atoms with Gasteiger partial charge in [-0.25, -0.2) is 0 Å². The van der Waals surface area contributed by atoms with Crippen molar-refractivity contribution in [1.29, 1.82) is 0 Å². The summed E-state index contributed by atoms with van der Waals surface area (Å²) in [5.41, 5.74) is 16.9. The van der Waals surface area contributed by atoms with Crippen molar-refractivity contribution >= 4 is 17.7 Å². The van der Waals surface area contributed by atoms with Gasteiger partial charge in [0, 0.05) is 24.7 Å². The van der Waals surface area contributed by atoms with Gasteiger partial charge in [0.2, 0.25) is 0 Å². The normalized spacial score (nSPS) is 15.9. The number of methoxy groups -OCH3 is 1. The van der Waals surface area contributed by atoms with Crippen molar-refractivity contribution in [3.63, 3.8) is 0 Å². The molecule has 3 aromatic carbocycles. The lowest BCUT2D eigenvalue weighted by Gasteiger charge is -2.30. The third-order valence-corrected chi connectivity index (χ3v) is 6.87. The van der Waals surface area contributed by atoms with Gasteiger partial charge in [-0.3, -0.25) is 20.7 Å².